The number of carbonyl (C=O) groups is 4. The minimum Gasteiger partial charge on any atom is -0.464 e. The summed E-state index contributed by atoms with van der Waals surface area (Å²) in [5.74, 6) is 0.375. The zero-order valence-corrected chi connectivity index (χ0v) is 25.6. The number of anilines is 1. The molecule has 0 saturated heterocycles. The van der Waals surface area contributed by atoms with Crippen LogP contribution < -0.4 is 10.2 Å². The lowest BCUT2D eigenvalue weighted by Crippen LogP contribution is -2.43. The van der Waals surface area contributed by atoms with Crippen LogP contribution in [0.4, 0.5) is 15.4 Å². The number of hydrogen-bond acceptors (Lipinski definition) is 8. The molecule has 1 aliphatic carbocycles. The molecule has 10 nitrogen and oxygen atoms in total. The third-order valence-corrected chi connectivity index (χ3v) is 7.66. The van der Waals surface area contributed by atoms with Crippen LogP contribution in [0.25, 0.3) is 0 Å². The minimum absolute atomic E-state index is 0.0690. The van der Waals surface area contributed by atoms with E-state index in [4.69, 9.17) is 19.2 Å². The van der Waals surface area contributed by atoms with Crippen molar-refractivity contribution in [2.45, 2.75) is 90.9 Å². The summed E-state index contributed by atoms with van der Waals surface area (Å²) in [5.41, 5.74) is 2.17. The Morgan fingerprint density at radius 2 is 1.79 bits per heavy atom. The van der Waals surface area contributed by atoms with Crippen LogP contribution in [0.2, 0.25) is 0 Å². The number of amides is 2. The predicted molar refractivity (Wildman–Crippen MR) is 160 cm³/mol. The summed E-state index contributed by atoms with van der Waals surface area (Å²) in [6.45, 7) is 8.05. The Morgan fingerprint density at radius 3 is 2.49 bits per heavy atom. The van der Waals surface area contributed by atoms with Gasteiger partial charge in [-0.2, -0.15) is 0 Å². The highest BCUT2D eigenvalue weighted by atomic mass is 16.6. The summed E-state index contributed by atoms with van der Waals surface area (Å²) in [5, 5.41) is 2.56. The number of ketones is 1. The Bertz CT molecular complexity index is 1290. The first-order chi connectivity index (χ1) is 20.5. The van der Waals surface area contributed by atoms with Crippen LogP contribution in [-0.2, 0) is 43.2 Å². The molecule has 232 valence electrons. The van der Waals surface area contributed by atoms with Gasteiger partial charge in [-0.15, -0.1) is 0 Å². The standard InChI is InChI=1S/C33H43N3O7/c1-5-41-30(38)27(35-31(39)42-21-22-10-7-6-8-11-22)15-16-28(37)25-18-23(19-25)20-26-14-13-24-12-9-17-36(29(24)34-26)32(40)43-33(2,3)4/h6-8,10-11,13-14,23,25,27H,5,9,12,15-21H2,1-4H3,(H,35,39)/t23?,25?,27-/m0/s1. The maximum absolute atomic E-state index is 13.0. The average Bonchev–Trinajstić information content (AvgIpc) is 2.95. The topological polar surface area (TPSA) is 124 Å². The first kappa shape index (κ1) is 32.0. The summed E-state index contributed by atoms with van der Waals surface area (Å²) in [6.07, 6.45) is 3.12. The van der Waals surface area contributed by atoms with Gasteiger partial charge in [0.1, 0.15) is 29.9 Å². The molecule has 0 bridgehead atoms. The van der Waals surface area contributed by atoms with Crippen molar-refractivity contribution < 1.29 is 33.4 Å². The second-order valence-electron chi connectivity index (χ2n) is 12.3. The fraction of sp³-hybridized carbons (Fsp3) is 0.545. The van der Waals surface area contributed by atoms with Gasteiger partial charge >= 0.3 is 18.2 Å². The van der Waals surface area contributed by atoms with E-state index < -0.39 is 23.7 Å². The lowest BCUT2D eigenvalue weighted by atomic mass is 9.70. The molecule has 10 heteroatoms. The lowest BCUT2D eigenvalue weighted by Gasteiger charge is -2.35. The summed E-state index contributed by atoms with van der Waals surface area (Å²) in [4.78, 5) is 57.0. The number of rotatable bonds is 11. The van der Waals surface area contributed by atoms with Crippen molar-refractivity contribution in [2.24, 2.45) is 11.8 Å². The molecule has 2 aliphatic rings. The van der Waals surface area contributed by atoms with Crippen molar-refractivity contribution >= 4 is 29.8 Å². The number of alkyl carbamates (subject to hydrolysis) is 1. The van der Waals surface area contributed by atoms with Crippen molar-refractivity contribution in [1.29, 1.82) is 0 Å². The Labute approximate surface area is 253 Å². The molecule has 2 heterocycles. The molecule has 1 aromatic heterocycles. The number of benzene rings is 1. The van der Waals surface area contributed by atoms with Crippen LogP contribution >= 0.6 is 0 Å². The van der Waals surface area contributed by atoms with Gasteiger partial charge in [-0.3, -0.25) is 9.69 Å². The van der Waals surface area contributed by atoms with E-state index in [2.05, 4.69) is 5.32 Å². The van der Waals surface area contributed by atoms with Gasteiger partial charge in [0.2, 0.25) is 0 Å². The number of nitrogens with zero attached hydrogens (tertiary/aromatic N) is 2. The van der Waals surface area contributed by atoms with Crippen LogP contribution in [0.15, 0.2) is 42.5 Å². The summed E-state index contributed by atoms with van der Waals surface area (Å²) in [7, 11) is 0. The fourth-order valence-electron chi connectivity index (χ4n) is 5.44. The number of hydrogen-bond donors (Lipinski definition) is 1. The van der Waals surface area contributed by atoms with Gasteiger partial charge in [0.25, 0.3) is 0 Å². The Morgan fingerprint density at radius 1 is 1.05 bits per heavy atom. The summed E-state index contributed by atoms with van der Waals surface area (Å²) in [6, 6.07) is 12.3. The Hall–Kier alpha value is -3.95. The molecular weight excluding hydrogens is 550 g/mol. The van der Waals surface area contributed by atoms with E-state index >= 15 is 0 Å². The average molecular weight is 594 g/mol. The first-order valence-electron chi connectivity index (χ1n) is 15.2. The van der Waals surface area contributed by atoms with Gasteiger partial charge in [-0.1, -0.05) is 36.4 Å². The predicted octanol–water partition coefficient (Wildman–Crippen LogP) is 5.55. The molecule has 1 aromatic carbocycles. The van der Waals surface area contributed by atoms with Crippen molar-refractivity contribution in [3.8, 4) is 0 Å². The van der Waals surface area contributed by atoms with E-state index in [1.54, 1.807) is 11.8 Å². The zero-order chi connectivity index (χ0) is 31.0. The Balaban J connectivity index is 1.26. The van der Waals surface area contributed by atoms with Crippen molar-refractivity contribution in [3.05, 3.63) is 59.3 Å². The molecule has 1 saturated carbocycles. The first-order valence-corrected chi connectivity index (χ1v) is 15.2. The van der Waals surface area contributed by atoms with Crippen LogP contribution in [0.3, 0.4) is 0 Å². The molecule has 4 rings (SSSR count). The molecule has 2 aromatic rings. The number of aromatic nitrogens is 1. The highest BCUT2D eigenvalue weighted by molar-refractivity contribution is 5.88. The summed E-state index contributed by atoms with van der Waals surface area (Å²) >= 11 is 0. The van der Waals surface area contributed by atoms with Gasteiger partial charge < -0.3 is 19.5 Å². The SMILES string of the molecule is CCOC(=O)[C@H](CCC(=O)C1CC(Cc2ccc3c(n2)N(C(=O)OC(C)(C)C)CCC3)C1)NC(=O)OCc1ccccc1. The fourth-order valence-corrected chi connectivity index (χ4v) is 5.44. The largest absolute Gasteiger partial charge is 0.464 e. The number of carbonyl (C=O) groups excluding carboxylic acids is 4. The quantitative estimate of drug-likeness (QED) is 0.266. The van der Waals surface area contributed by atoms with Crippen LogP contribution in [0.1, 0.15) is 76.6 Å². The molecular formula is C33H43N3O7. The van der Waals surface area contributed by atoms with Gasteiger partial charge in [0, 0.05) is 24.6 Å². The van der Waals surface area contributed by atoms with Gasteiger partial charge in [-0.05, 0) is 89.3 Å². The van der Waals surface area contributed by atoms with E-state index in [1.807, 2.05) is 63.2 Å². The van der Waals surface area contributed by atoms with Crippen molar-refractivity contribution in [3.63, 3.8) is 0 Å². The van der Waals surface area contributed by atoms with Crippen LogP contribution in [0, 0.1) is 11.8 Å². The molecule has 1 fully saturated rings. The molecule has 43 heavy (non-hydrogen) atoms. The minimum atomic E-state index is -0.962. The molecule has 1 N–H and O–H groups in total. The normalized spacial score (nSPS) is 18.5. The highest BCUT2D eigenvalue weighted by Gasteiger charge is 2.36. The zero-order valence-electron chi connectivity index (χ0n) is 25.6. The van der Waals surface area contributed by atoms with E-state index in [0.717, 1.165) is 48.9 Å². The van der Waals surface area contributed by atoms with Crippen molar-refractivity contribution in [1.82, 2.24) is 10.3 Å². The van der Waals surface area contributed by atoms with Crippen molar-refractivity contribution in [2.75, 3.05) is 18.1 Å². The van der Waals surface area contributed by atoms with E-state index in [-0.39, 0.29) is 43.8 Å². The maximum atomic E-state index is 13.0. The van der Waals surface area contributed by atoms with Gasteiger partial charge in [0.05, 0.1) is 6.61 Å². The number of esters is 1. The van der Waals surface area contributed by atoms with Gasteiger partial charge in [0.15, 0.2) is 0 Å². The number of ether oxygens (including phenoxy) is 3. The smallest absolute Gasteiger partial charge is 0.416 e. The number of aryl methyl sites for hydroxylation is 1. The summed E-state index contributed by atoms with van der Waals surface area (Å²) < 4.78 is 15.9. The molecule has 1 atom stereocenters. The Kier molecular flexibility index (Phi) is 10.8. The number of nitrogens with one attached hydrogen (secondary N) is 1. The third-order valence-electron chi connectivity index (χ3n) is 7.66. The van der Waals surface area contributed by atoms with Crippen LogP contribution in [-0.4, -0.2) is 53.7 Å². The van der Waals surface area contributed by atoms with E-state index in [0.29, 0.717) is 18.3 Å². The number of pyridine rings is 1. The highest BCUT2D eigenvalue weighted by Crippen LogP contribution is 2.38. The van der Waals surface area contributed by atoms with Gasteiger partial charge in [-0.25, -0.2) is 19.4 Å². The number of Topliss-reactive ketones (excluding diaryl/α,β-unsaturated/α-hetero) is 1. The van der Waals surface area contributed by atoms with Crippen LogP contribution in [0.5, 0.6) is 0 Å². The molecule has 1 aliphatic heterocycles. The third kappa shape index (κ3) is 9.27. The second-order valence-corrected chi connectivity index (χ2v) is 12.3. The monoisotopic (exact) mass is 593 g/mol. The van der Waals surface area contributed by atoms with E-state index in [9.17, 15) is 19.2 Å². The maximum Gasteiger partial charge on any atom is 0.416 e. The molecule has 0 spiro atoms. The molecule has 0 unspecified atom stereocenters. The lowest BCUT2D eigenvalue weighted by molar-refractivity contribution is -0.145. The van der Waals surface area contributed by atoms with E-state index in [1.165, 1.54) is 0 Å². The molecule has 0 radical (unpaired) electrons. The second kappa shape index (κ2) is 14.5. The molecule has 2 amide bonds. The number of fused-ring (bicyclic) bond motifs is 1.